The number of aromatic amines is 1. The molecular weight excluding hydrogens is 320 g/mol. The van der Waals surface area contributed by atoms with Crippen molar-refractivity contribution < 1.29 is 9.85 Å². The predicted octanol–water partition coefficient (Wildman–Crippen LogP) is 1.40. The van der Waals surface area contributed by atoms with Crippen LogP contribution >= 0.6 is 0 Å². The zero-order chi connectivity index (χ0) is 17.3. The first-order valence-electron chi connectivity index (χ1n) is 6.50. The lowest BCUT2D eigenvalue weighted by molar-refractivity contribution is -0.386. The Kier molecular flexibility index (Phi) is 3.58. The number of nitro benzene ring substituents is 1. The molecule has 11 nitrogen and oxygen atoms in total. The summed E-state index contributed by atoms with van der Waals surface area (Å²) >= 11 is 0. The molecule has 0 amide bonds. The maximum Gasteiger partial charge on any atom is 0.361 e. The molecule has 1 N–H and O–H groups in total. The lowest BCUT2D eigenvalue weighted by Crippen LogP contribution is -2.20. The molecular formula is C13H8N6O5. The van der Waals surface area contributed by atoms with E-state index in [1.807, 2.05) is 0 Å². The number of hydrogen-bond acceptors (Lipinski definition) is 7. The molecule has 0 aliphatic carbocycles. The van der Waals surface area contributed by atoms with Gasteiger partial charge in [-0.1, -0.05) is 6.08 Å². The van der Waals surface area contributed by atoms with Crippen LogP contribution in [0.3, 0.4) is 0 Å². The topological polar surface area (TPSA) is 149 Å². The number of nitro groups is 2. The molecule has 2 heterocycles. The highest BCUT2D eigenvalue weighted by Crippen LogP contribution is 2.17. The fraction of sp³-hybridized carbons (Fsp3) is 0. The molecule has 2 aromatic heterocycles. The second-order valence-corrected chi connectivity index (χ2v) is 4.61. The number of benzene rings is 1. The minimum atomic E-state index is -0.883. The van der Waals surface area contributed by atoms with Gasteiger partial charge in [-0.15, -0.1) is 0 Å². The van der Waals surface area contributed by atoms with E-state index >= 15 is 0 Å². The van der Waals surface area contributed by atoms with Gasteiger partial charge in [-0.2, -0.15) is 4.52 Å². The Balaban J connectivity index is 2.05. The molecule has 3 aromatic rings. The summed E-state index contributed by atoms with van der Waals surface area (Å²) in [5.41, 5.74) is -1.26. The van der Waals surface area contributed by atoms with Gasteiger partial charge in [0.15, 0.2) is 5.69 Å². The molecule has 1 aromatic carbocycles. The highest BCUT2D eigenvalue weighted by atomic mass is 16.6. The largest absolute Gasteiger partial charge is 0.361 e. The first-order chi connectivity index (χ1) is 11.5. The monoisotopic (exact) mass is 328 g/mol. The number of nitrogens with one attached hydrogen (secondary N) is 1. The van der Waals surface area contributed by atoms with Crippen LogP contribution in [0.2, 0.25) is 0 Å². The van der Waals surface area contributed by atoms with E-state index in [-0.39, 0.29) is 17.2 Å². The molecule has 0 saturated heterocycles. The van der Waals surface area contributed by atoms with Gasteiger partial charge >= 0.3 is 11.2 Å². The highest BCUT2D eigenvalue weighted by molar-refractivity contribution is 5.72. The van der Waals surface area contributed by atoms with E-state index in [9.17, 15) is 25.0 Å². The number of fused-ring (bicyclic) bond motifs is 1. The zero-order valence-electron chi connectivity index (χ0n) is 11.8. The summed E-state index contributed by atoms with van der Waals surface area (Å²) in [6, 6.07) is 5.54. The molecule has 0 saturated carbocycles. The van der Waals surface area contributed by atoms with Crippen molar-refractivity contribution in [1.29, 1.82) is 0 Å². The summed E-state index contributed by atoms with van der Waals surface area (Å²) in [4.78, 5) is 40.2. The average molecular weight is 328 g/mol. The molecule has 120 valence electrons. The third-order valence-corrected chi connectivity index (χ3v) is 3.16. The number of hydrogen-bond donors (Lipinski definition) is 1. The lowest BCUT2D eigenvalue weighted by Gasteiger charge is -1.98. The molecule has 11 heteroatoms. The van der Waals surface area contributed by atoms with Gasteiger partial charge in [0.2, 0.25) is 0 Å². The number of non-ortho nitro benzene ring substituents is 1. The van der Waals surface area contributed by atoms with Crippen molar-refractivity contribution in [3.63, 3.8) is 0 Å². The van der Waals surface area contributed by atoms with Crippen molar-refractivity contribution >= 4 is 29.3 Å². The van der Waals surface area contributed by atoms with E-state index in [2.05, 4.69) is 15.1 Å². The molecule has 0 radical (unpaired) electrons. The minimum Gasteiger partial charge on any atom is -0.277 e. The van der Waals surface area contributed by atoms with Crippen LogP contribution in [0.1, 0.15) is 11.3 Å². The van der Waals surface area contributed by atoms with Gasteiger partial charge in [0.1, 0.15) is 6.33 Å². The van der Waals surface area contributed by atoms with Crippen molar-refractivity contribution in [2.75, 3.05) is 0 Å². The van der Waals surface area contributed by atoms with E-state index in [0.717, 1.165) is 4.52 Å². The Hall–Kier alpha value is -3.89. The van der Waals surface area contributed by atoms with Gasteiger partial charge in [-0.05, 0) is 23.8 Å². The maximum atomic E-state index is 12.1. The fourth-order valence-electron chi connectivity index (χ4n) is 2.03. The van der Waals surface area contributed by atoms with E-state index < -0.39 is 21.1 Å². The van der Waals surface area contributed by atoms with Crippen LogP contribution in [0, 0.1) is 20.2 Å². The van der Waals surface area contributed by atoms with Crippen LogP contribution in [0.25, 0.3) is 17.9 Å². The zero-order valence-corrected chi connectivity index (χ0v) is 11.8. The van der Waals surface area contributed by atoms with Crippen LogP contribution in [0.15, 0.2) is 35.4 Å². The summed E-state index contributed by atoms with van der Waals surface area (Å²) in [5, 5.41) is 24.2. The first kappa shape index (κ1) is 15.0. The van der Waals surface area contributed by atoms with Crippen molar-refractivity contribution in [2.45, 2.75) is 0 Å². The Labute approximate surface area is 132 Å². The van der Waals surface area contributed by atoms with Gasteiger partial charge < -0.3 is 0 Å². The van der Waals surface area contributed by atoms with Gasteiger partial charge in [0.05, 0.1) is 9.85 Å². The molecule has 0 aliphatic heterocycles. The van der Waals surface area contributed by atoms with Crippen LogP contribution in [0.5, 0.6) is 0 Å². The summed E-state index contributed by atoms with van der Waals surface area (Å²) in [6.45, 7) is 0. The second-order valence-electron chi connectivity index (χ2n) is 4.61. The number of H-pyrrole nitrogens is 1. The van der Waals surface area contributed by atoms with Crippen molar-refractivity contribution in [3.8, 4) is 0 Å². The molecule has 0 fully saturated rings. The van der Waals surface area contributed by atoms with E-state index in [1.165, 1.54) is 42.7 Å². The van der Waals surface area contributed by atoms with Crippen molar-refractivity contribution in [1.82, 2.24) is 19.6 Å². The Morgan fingerprint density at radius 1 is 1.08 bits per heavy atom. The van der Waals surface area contributed by atoms with Crippen LogP contribution in [-0.2, 0) is 0 Å². The highest BCUT2D eigenvalue weighted by Gasteiger charge is 2.22. The van der Waals surface area contributed by atoms with Gasteiger partial charge in [0.25, 0.3) is 11.5 Å². The quantitative estimate of drug-likeness (QED) is 0.561. The molecule has 3 rings (SSSR count). The summed E-state index contributed by atoms with van der Waals surface area (Å²) in [6.07, 6.45) is 3.94. The maximum absolute atomic E-state index is 12.1. The van der Waals surface area contributed by atoms with Gasteiger partial charge in [0, 0.05) is 12.1 Å². The minimum absolute atomic E-state index is 0.00560. The molecule has 0 aliphatic rings. The molecule has 0 spiro atoms. The molecule has 24 heavy (non-hydrogen) atoms. The molecule has 0 bridgehead atoms. The average Bonchev–Trinajstić information content (AvgIpc) is 3.01. The lowest BCUT2D eigenvalue weighted by atomic mass is 10.2. The smallest absolute Gasteiger partial charge is 0.277 e. The first-order valence-corrected chi connectivity index (χ1v) is 6.50. The van der Waals surface area contributed by atoms with Gasteiger partial charge in [-0.25, -0.2) is 9.97 Å². The summed E-state index contributed by atoms with van der Waals surface area (Å²) in [7, 11) is 0. The summed E-state index contributed by atoms with van der Waals surface area (Å²) in [5.74, 6) is -0.00560. The Bertz CT molecular complexity index is 1030. The molecule has 0 atom stereocenters. The van der Waals surface area contributed by atoms with Gasteiger partial charge in [-0.3, -0.25) is 30.1 Å². The Morgan fingerprint density at radius 3 is 2.42 bits per heavy atom. The van der Waals surface area contributed by atoms with Crippen LogP contribution in [0.4, 0.5) is 11.4 Å². The molecule has 0 unspecified atom stereocenters. The third-order valence-electron chi connectivity index (χ3n) is 3.16. The SMILES string of the molecule is O=c1c([N+](=O)[O-])c(/C=C/c2ccc([N+](=O)[O-])cc2)nc2nc[nH]n12. The van der Waals surface area contributed by atoms with E-state index in [4.69, 9.17) is 0 Å². The van der Waals surface area contributed by atoms with Crippen molar-refractivity contribution in [2.24, 2.45) is 0 Å². The number of nitrogens with zero attached hydrogens (tertiary/aromatic N) is 5. The fourth-order valence-corrected chi connectivity index (χ4v) is 2.03. The number of rotatable bonds is 4. The normalized spacial score (nSPS) is 11.2. The van der Waals surface area contributed by atoms with Crippen LogP contribution in [-0.4, -0.2) is 29.4 Å². The van der Waals surface area contributed by atoms with Crippen LogP contribution < -0.4 is 5.56 Å². The van der Waals surface area contributed by atoms with E-state index in [1.54, 1.807) is 0 Å². The van der Waals surface area contributed by atoms with Crippen molar-refractivity contribution in [3.05, 3.63) is 72.4 Å². The Morgan fingerprint density at radius 2 is 1.79 bits per heavy atom. The second kappa shape index (κ2) is 5.72. The predicted molar refractivity (Wildman–Crippen MR) is 82.3 cm³/mol. The third kappa shape index (κ3) is 2.61. The number of aromatic nitrogens is 4. The van der Waals surface area contributed by atoms with E-state index in [0.29, 0.717) is 5.56 Å². The summed E-state index contributed by atoms with van der Waals surface area (Å²) < 4.78 is 0.862. The standard InChI is InChI=1S/C13H8N6O5/c20-12-11(19(23)24)10(16-13-14-7-15-17(12)13)6-3-8-1-4-9(5-2-8)18(21)22/h1-7H,(H,14,15,16)/b6-3+.